The van der Waals surface area contributed by atoms with Crippen LogP contribution in [0.4, 0.5) is 0 Å². The van der Waals surface area contributed by atoms with Crippen LogP contribution in [0.5, 0.6) is 0 Å². The maximum atomic E-state index is 10.9. The van der Waals surface area contributed by atoms with Gasteiger partial charge in [0.05, 0.1) is 37.8 Å². The SMILES string of the molecule is N#CCc1ccccc1Sc1ccccc1CC#N.O=C(O)Cc1ccccc1Sc1ccccc1CC(=O)O. The first-order valence-corrected chi connectivity index (χ1v) is 13.9. The maximum absolute atomic E-state index is 10.9. The molecular weight excluding hydrogens is 540 g/mol. The zero-order valence-electron chi connectivity index (χ0n) is 21.5. The zero-order valence-corrected chi connectivity index (χ0v) is 23.1. The summed E-state index contributed by atoms with van der Waals surface area (Å²) in [6, 6.07) is 34.7. The van der Waals surface area contributed by atoms with Gasteiger partial charge in [0.2, 0.25) is 0 Å². The van der Waals surface area contributed by atoms with Gasteiger partial charge in [-0.15, -0.1) is 0 Å². The van der Waals surface area contributed by atoms with E-state index in [1.807, 2.05) is 72.8 Å². The lowest BCUT2D eigenvalue weighted by Gasteiger charge is -2.10. The topological polar surface area (TPSA) is 122 Å². The van der Waals surface area contributed by atoms with E-state index in [0.717, 1.165) is 41.8 Å². The van der Waals surface area contributed by atoms with Crippen LogP contribution < -0.4 is 0 Å². The molecule has 0 unspecified atom stereocenters. The number of hydrogen-bond donors (Lipinski definition) is 2. The highest BCUT2D eigenvalue weighted by Gasteiger charge is 2.12. The minimum absolute atomic E-state index is 0.0513. The molecule has 0 atom stereocenters. The fraction of sp³-hybridized carbons (Fsp3) is 0.125. The Kier molecular flexibility index (Phi) is 11.9. The molecular formula is C32H26N2O4S2. The number of carbonyl (C=O) groups is 2. The zero-order chi connectivity index (χ0) is 28.7. The summed E-state index contributed by atoms with van der Waals surface area (Å²) < 4.78 is 0. The van der Waals surface area contributed by atoms with Gasteiger partial charge in [-0.1, -0.05) is 96.3 Å². The molecule has 4 aromatic carbocycles. The van der Waals surface area contributed by atoms with E-state index in [4.69, 9.17) is 20.7 Å². The van der Waals surface area contributed by atoms with E-state index in [1.54, 1.807) is 36.0 Å². The molecule has 0 spiro atoms. The molecule has 0 aromatic heterocycles. The highest BCUT2D eigenvalue weighted by atomic mass is 32.2. The van der Waals surface area contributed by atoms with E-state index in [1.165, 1.54) is 11.8 Å². The van der Waals surface area contributed by atoms with E-state index in [0.29, 0.717) is 12.8 Å². The van der Waals surface area contributed by atoms with Crippen molar-refractivity contribution in [3.05, 3.63) is 119 Å². The third-order valence-corrected chi connectivity index (χ3v) is 8.03. The number of carboxylic acid groups (broad SMARTS) is 2. The predicted octanol–water partition coefficient (Wildman–Crippen LogP) is 7.06. The van der Waals surface area contributed by atoms with Crippen molar-refractivity contribution in [3.63, 3.8) is 0 Å². The van der Waals surface area contributed by atoms with Gasteiger partial charge < -0.3 is 10.2 Å². The van der Waals surface area contributed by atoms with Crippen molar-refractivity contribution >= 4 is 35.5 Å². The third kappa shape index (κ3) is 9.36. The molecule has 0 bridgehead atoms. The molecule has 0 saturated heterocycles. The molecule has 0 amide bonds. The first kappa shape index (κ1) is 30.0. The van der Waals surface area contributed by atoms with E-state index in [2.05, 4.69) is 12.1 Å². The summed E-state index contributed by atoms with van der Waals surface area (Å²) in [7, 11) is 0. The monoisotopic (exact) mass is 566 g/mol. The number of nitriles is 2. The van der Waals surface area contributed by atoms with Crippen molar-refractivity contribution in [2.45, 2.75) is 45.3 Å². The first-order chi connectivity index (χ1) is 19.4. The number of aliphatic carboxylic acids is 2. The van der Waals surface area contributed by atoms with Crippen LogP contribution in [0, 0.1) is 22.7 Å². The van der Waals surface area contributed by atoms with E-state index >= 15 is 0 Å². The lowest BCUT2D eigenvalue weighted by molar-refractivity contribution is -0.137. The molecule has 200 valence electrons. The van der Waals surface area contributed by atoms with Gasteiger partial charge in [0.15, 0.2) is 0 Å². The van der Waals surface area contributed by atoms with E-state index < -0.39 is 11.9 Å². The molecule has 6 nitrogen and oxygen atoms in total. The van der Waals surface area contributed by atoms with Gasteiger partial charge in [-0.05, 0) is 46.5 Å². The van der Waals surface area contributed by atoms with Crippen LogP contribution in [0.1, 0.15) is 22.3 Å². The minimum atomic E-state index is -0.887. The lowest BCUT2D eigenvalue weighted by Crippen LogP contribution is -2.02. The average molecular weight is 567 g/mol. The first-order valence-electron chi connectivity index (χ1n) is 12.3. The molecule has 4 aromatic rings. The molecule has 0 saturated carbocycles. The van der Waals surface area contributed by atoms with Crippen LogP contribution in [0.3, 0.4) is 0 Å². The van der Waals surface area contributed by atoms with Crippen LogP contribution >= 0.6 is 23.5 Å². The summed E-state index contributed by atoms with van der Waals surface area (Å²) >= 11 is 3.02. The Labute approximate surface area is 241 Å². The minimum Gasteiger partial charge on any atom is -0.481 e. The number of hydrogen-bond acceptors (Lipinski definition) is 6. The molecule has 0 aliphatic rings. The molecule has 0 aliphatic heterocycles. The summed E-state index contributed by atoms with van der Waals surface area (Å²) in [4.78, 5) is 25.6. The molecule has 0 heterocycles. The van der Waals surface area contributed by atoms with Gasteiger partial charge >= 0.3 is 11.9 Å². The smallest absolute Gasteiger partial charge is 0.307 e. The van der Waals surface area contributed by atoms with Gasteiger partial charge in [-0.3, -0.25) is 9.59 Å². The van der Waals surface area contributed by atoms with Gasteiger partial charge in [0.1, 0.15) is 0 Å². The summed E-state index contributed by atoms with van der Waals surface area (Å²) in [5, 5.41) is 35.6. The standard InChI is InChI=1S/C16H12N2S.C16H14O4S/c17-11-9-13-5-1-3-7-15(13)19-16-8-4-2-6-14(16)10-12-18;17-15(18)9-11-5-1-3-7-13(11)21-14-8-4-2-6-12(14)10-16(19)20/h1-8H,9-10H2;1-8H,9-10H2,(H,17,18)(H,19,20). The molecule has 0 aliphatic carbocycles. The van der Waals surface area contributed by atoms with Crippen LogP contribution in [0.25, 0.3) is 0 Å². The Morgan fingerprint density at radius 2 is 0.800 bits per heavy atom. The summed E-state index contributed by atoms with van der Waals surface area (Å²) in [5.74, 6) is -1.77. The largest absolute Gasteiger partial charge is 0.481 e. The van der Waals surface area contributed by atoms with Crippen molar-refractivity contribution in [1.82, 2.24) is 0 Å². The number of rotatable bonds is 10. The van der Waals surface area contributed by atoms with Gasteiger partial charge in [-0.25, -0.2) is 0 Å². The van der Waals surface area contributed by atoms with Crippen LogP contribution in [0.15, 0.2) is 117 Å². The highest BCUT2D eigenvalue weighted by Crippen LogP contribution is 2.34. The Morgan fingerprint density at radius 1 is 0.525 bits per heavy atom. The van der Waals surface area contributed by atoms with Crippen molar-refractivity contribution in [2.75, 3.05) is 0 Å². The molecule has 2 N–H and O–H groups in total. The van der Waals surface area contributed by atoms with E-state index in [-0.39, 0.29) is 12.8 Å². The quantitative estimate of drug-likeness (QED) is 0.209. The highest BCUT2D eigenvalue weighted by molar-refractivity contribution is 7.99. The van der Waals surface area contributed by atoms with Gasteiger partial charge in [0.25, 0.3) is 0 Å². The molecule has 8 heteroatoms. The van der Waals surface area contributed by atoms with Crippen LogP contribution in [0.2, 0.25) is 0 Å². The van der Waals surface area contributed by atoms with Crippen LogP contribution in [-0.2, 0) is 35.3 Å². The van der Waals surface area contributed by atoms with E-state index in [9.17, 15) is 9.59 Å². The summed E-state index contributed by atoms with van der Waals surface area (Å²) in [6.45, 7) is 0. The molecule has 4 rings (SSSR count). The van der Waals surface area contributed by atoms with Gasteiger partial charge in [0, 0.05) is 19.6 Å². The molecule has 0 fully saturated rings. The summed E-state index contributed by atoms with van der Waals surface area (Å²) in [5.41, 5.74) is 3.50. The Balaban J connectivity index is 0.000000222. The van der Waals surface area contributed by atoms with Gasteiger partial charge in [-0.2, -0.15) is 10.5 Å². The Bertz CT molecular complexity index is 1440. The maximum Gasteiger partial charge on any atom is 0.307 e. The normalized spacial score (nSPS) is 9.95. The lowest BCUT2D eigenvalue weighted by atomic mass is 10.1. The number of benzene rings is 4. The van der Waals surface area contributed by atoms with Crippen molar-refractivity contribution in [3.8, 4) is 12.1 Å². The second-order valence-electron chi connectivity index (χ2n) is 8.45. The second kappa shape index (κ2) is 15.8. The fourth-order valence-electron chi connectivity index (χ4n) is 3.73. The van der Waals surface area contributed by atoms with Crippen molar-refractivity contribution in [2.24, 2.45) is 0 Å². The molecule has 0 radical (unpaired) electrons. The fourth-order valence-corrected chi connectivity index (χ4v) is 5.88. The predicted molar refractivity (Wildman–Crippen MR) is 155 cm³/mol. The summed E-state index contributed by atoms with van der Waals surface area (Å²) in [6.07, 6.45) is 0.710. The number of nitrogens with zero attached hydrogens (tertiary/aromatic N) is 2. The van der Waals surface area contributed by atoms with Crippen molar-refractivity contribution < 1.29 is 19.8 Å². The third-order valence-electron chi connectivity index (χ3n) is 5.55. The van der Waals surface area contributed by atoms with Crippen molar-refractivity contribution in [1.29, 1.82) is 10.5 Å². The Morgan fingerprint density at radius 3 is 1.10 bits per heavy atom. The number of carboxylic acids is 2. The average Bonchev–Trinajstić information content (AvgIpc) is 2.93. The Hall–Kier alpha value is -4.50. The second-order valence-corrected chi connectivity index (χ2v) is 10.6. The van der Waals surface area contributed by atoms with Crippen LogP contribution in [-0.4, -0.2) is 22.2 Å². The molecule has 40 heavy (non-hydrogen) atoms.